The molecule has 0 atom stereocenters. The molecule has 0 unspecified atom stereocenters. The van der Waals surface area contributed by atoms with E-state index in [0.717, 1.165) is 0 Å². The van der Waals surface area contributed by atoms with E-state index in [1.807, 2.05) is 6.92 Å². The fraction of sp³-hybridized carbons (Fsp3) is 0.286. The van der Waals surface area contributed by atoms with Gasteiger partial charge in [0, 0.05) is 5.57 Å². The second kappa shape index (κ2) is 6.58. The van der Waals surface area contributed by atoms with Crippen LogP contribution in [0, 0.1) is 0 Å². The molecule has 0 aliphatic carbocycles. The number of carbonyl (C=O) groups is 2. The average molecular weight is 264 g/mol. The van der Waals surface area contributed by atoms with Gasteiger partial charge in [0.05, 0.1) is 11.8 Å². The first kappa shape index (κ1) is 14.8. The average Bonchev–Trinajstić information content (AvgIpc) is 2.86. The Morgan fingerprint density at radius 3 is 2.58 bits per heavy atom. The van der Waals surface area contributed by atoms with Gasteiger partial charge in [0.15, 0.2) is 11.5 Å². The van der Waals surface area contributed by atoms with Gasteiger partial charge in [0.2, 0.25) is 0 Å². The maximum Gasteiger partial charge on any atom is 0.338 e. The van der Waals surface area contributed by atoms with Crippen LogP contribution in [-0.2, 0) is 14.3 Å². The van der Waals surface area contributed by atoms with E-state index in [1.54, 1.807) is 12.1 Å². The van der Waals surface area contributed by atoms with E-state index < -0.39 is 11.9 Å². The van der Waals surface area contributed by atoms with E-state index in [0.29, 0.717) is 6.42 Å². The van der Waals surface area contributed by atoms with Gasteiger partial charge in [-0.1, -0.05) is 19.9 Å². The Balaban J connectivity index is 3.24. The van der Waals surface area contributed by atoms with Crippen LogP contribution in [0.25, 0.3) is 5.76 Å². The maximum absolute atomic E-state index is 11.6. The van der Waals surface area contributed by atoms with E-state index in [2.05, 4.69) is 6.58 Å². The second-order valence-electron chi connectivity index (χ2n) is 4.01. The first-order valence-electron chi connectivity index (χ1n) is 5.85. The van der Waals surface area contributed by atoms with Gasteiger partial charge >= 0.3 is 11.9 Å². The zero-order chi connectivity index (χ0) is 14.4. The van der Waals surface area contributed by atoms with Gasteiger partial charge in [0.25, 0.3) is 0 Å². The van der Waals surface area contributed by atoms with Gasteiger partial charge < -0.3 is 14.3 Å². The third-order valence-electron chi connectivity index (χ3n) is 2.32. The largest absolute Gasteiger partial charge is 0.478 e. The summed E-state index contributed by atoms with van der Waals surface area (Å²) in [7, 11) is 0. The summed E-state index contributed by atoms with van der Waals surface area (Å²) in [6.07, 6.45) is 2.26. The minimum atomic E-state index is -1.14. The van der Waals surface area contributed by atoms with Crippen molar-refractivity contribution in [3.8, 4) is 0 Å². The van der Waals surface area contributed by atoms with Crippen molar-refractivity contribution in [1.82, 2.24) is 0 Å². The Morgan fingerprint density at radius 2 is 2.16 bits per heavy atom. The number of carboxylic acids is 1. The van der Waals surface area contributed by atoms with E-state index in [4.69, 9.17) is 9.15 Å². The first-order chi connectivity index (χ1) is 8.97. The first-order valence-corrected chi connectivity index (χ1v) is 5.85. The lowest BCUT2D eigenvalue weighted by Crippen LogP contribution is -2.10. The lowest BCUT2D eigenvalue weighted by molar-refractivity contribution is -0.133. The van der Waals surface area contributed by atoms with Crippen LogP contribution in [0.4, 0.5) is 0 Å². The Hall–Kier alpha value is -2.30. The van der Waals surface area contributed by atoms with Gasteiger partial charge in [-0.05, 0) is 25.5 Å². The Bertz CT molecular complexity index is 508. The number of hydrogen-bond acceptors (Lipinski definition) is 4. The molecule has 0 bridgehead atoms. The highest BCUT2D eigenvalue weighted by Gasteiger charge is 2.22. The van der Waals surface area contributed by atoms with Crippen LogP contribution in [0.1, 0.15) is 32.4 Å². The van der Waals surface area contributed by atoms with Crippen molar-refractivity contribution in [3.63, 3.8) is 0 Å². The summed E-state index contributed by atoms with van der Waals surface area (Å²) < 4.78 is 10.2. The molecular weight excluding hydrogens is 248 g/mol. The fourth-order valence-corrected chi connectivity index (χ4v) is 1.42. The molecule has 1 rings (SSSR count). The lowest BCUT2D eigenvalue weighted by atomic mass is 10.1. The molecule has 0 spiro atoms. The minimum Gasteiger partial charge on any atom is -0.478 e. The predicted molar refractivity (Wildman–Crippen MR) is 69.1 cm³/mol. The normalized spacial score (nSPS) is 11.7. The van der Waals surface area contributed by atoms with Crippen LogP contribution in [0.3, 0.4) is 0 Å². The van der Waals surface area contributed by atoms with Gasteiger partial charge in [0.1, 0.15) is 0 Å². The molecule has 5 nitrogen and oxygen atoms in total. The van der Waals surface area contributed by atoms with Crippen LogP contribution in [0.2, 0.25) is 0 Å². The summed E-state index contributed by atoms with van der Waals surface area (Å²) in [5.41, 5.74) is 0.192. The van der Waals surface area contributed by atoms with Crippen LogP contribution in [0.15, 0.2) is 40.5 Å². The van der Waals surface area contributed by atoms with Crippen molar-refractivity contribution in [3.05, 3.63) is 41.9 Å². The third-order valence-corrected chi connectivity index (χ3v) is 2.32. The van der Waals surface area contributed by atoms with Gasteiger partial charge in [-0.3, -0.25) is 0 Å². The van der Waals surface area contributed by atoms with Gasteiger partial charge in [-0.15, -0.1) is 0 Å². The van der Waals surface area contributed by atoms with Crippen molar-refractivity contribution in [2.75, 3.05) is 0 Å². The molecule has 0 aromatic carbocycles. The smallest absolute Gasteiger partial charge is 0.338 e. The monoisotopic (exact) mass is 264 g/mol. The topological polar surface area (TPSA) is 76.7 Å². The van der Waals surface area contributed by atoms with Crippen LogP contribution in [0.5, 0.6) is 0 Å². The summed E-state index contributed by atoms with van der Waals surface area (Å²) in [6.45, 7) is 6.79. The van der Waals surface area contributed by atoms with E-state index in [9.17, 15) is 14.7 Å². The number of carbonyl (C=O) groups excluding carboxylic acids is 1. The Labute approximate surface area is 111 Å². The zero-order valence-electron chi connectivity index (χ0n) is 10.9. The molecule has 0 saturated heterocycles. The molecule has 102 valence electrons. The quantitative estimate of drug-likeness (QED) is 0.485. The summed E-state index contributed by atoms with van der Waals surface area (Å²) in [5, 5.41) is 9.21. The van der Waals surface area contributed by atoms with Gasteiger partial charge in [-0.2, -0.15) is 0 Å². The maximum atomic E-state index is 11.6. The van der Waals surface area contributed by atoms with Crippen LogP contribution >= 0.6 is 0 Å². The molecule has 0 radical (unpaired) electrons. The standard InChI is InChI=1S/C14H16O5/c1-4-6-10(13(15)16)12(11-7-5-8-18-11)19-14(17)9(2)3/h5,7-8H,2,4,6H2,1,3H3,(H,15,16). The molecule has 5 heteroatoms. The van der Waals surface area contributed by atoms with Gasteiger partial charge in [-0.25, -0.2) is 9.59 Å². The number of hydrogen-bond donors (Lipinski definition) is 1. The summed E-state index contributed by atoms with van der Waals surface area (Å²) in [5.74, 6) is -1.67. The van der Waals surface area contributed by atoms with Crippen molar-refractivity contribution in [2.45, 2.75) is 26.7 Å². The number of esters is 1. The van der Waals surface area contributed by atoms with E-state index in [1.165, 1.54) is 13.2 Å². The molecule has 1 aromatic heterocycles. The SMILES string of the molecule is C=C(C)C(=O)OC(=C(CCC)C(=O)O)c1ccco1. The molecule has 0 aliphatic heterocycles. The number of ether oxygens (including phenoxy) is 1. The minimum absolute atomic E-state index is 0.00653. The molecule has 1 heterocycles. The highest BCUT2D eigenvalue weighted by Crippen LogP contribution is 2.25. The number of aliphatic carboxylic acids is 1. The van der Waals surface area contributed by atoms with Crippen LogP contribution < -0.4 is 0 Å². The summed E-state index contributed by atoms with van der Waals surface area (Å²) >= 11 is 0. The molecule has 19 heavy (non-hydrogen) atoms. The highest BCUT2D eigenvalue weighted by atomic mass is 16.5. The Morgan fingerprint density at radius 1 is 1.47 bits per heavy atom. The number of carboxylic acid groups (broad SMARTS) is 1. The summed E-state index contributed by atoms with van der Waals surface area (Å²) in [4.78, 5) is 22.9. The second-order valence-corrected chi connectivity index (χ2v) is 4.01. The van der Waals surface area contributed by atoms with Crippen molar-refractivity contribution in [1.29, 1.82) is 0 Å². The summed E-state index contributed by atoms with van der Waals surface area (Å²) in [6, 6.07) is 3.13. The highest BCUT2D eigenvalue weighted by molar-refractivity contribution is 5.98. The Kier molecular flexibility index (Phi) is 5.11. The molecule has 0 amide bonds. The van der Waals surface area contributed by atoms with E-state index >= 15 is 0 Å². The molecule has 0 fully saturated rings. The van der Waals surface area contributed by atoms with Crippen molar-refractivity contribution < 1.29 is 23.8 Å². The van der Waals surface area contributed by atoms with Crippen molar-refractivity contribution in [2.24, 2.45) is 0 Å². The predicted octanol–water partition coefficient (Wildman–Crippen LogP) is 2.99. The van der Waals surface area contributed by atoms with Crippen molar-refractivity contribution >= 4 is 17.7 Å². The molecule has 0 saturated carbocycles. The molecule has 0 aliphatic rings. The number of furan rings is 1. The zero-order valence-corrected chi connectivity index (χ0v) is 10.9. The van der Waals surface area contributed by atoms with E-state index in [-0.39, 0.29) is 29.1 Å². The van der Waals surface area contributed by atoms with Crippen LogP contribution in [-0.4, -0.2) is 17.0 Å². The fourth-order valence-electron chi connectivity index (χ4n) is 1.42. The number of rotatable bonds is 6. The molecule has 1 aromatic rings. The lowest BCUT2D eigenvalue weighted by Gasteiger charge is -2.10. The molecule has 1 N–H and O–H groups in total. The molecular formula is C14H16O5. The third kappa shape index (κ3) is 3.84.